The van der Waals surface area contributed by atoms with Gasteiger partial charge in [-0.3, -0.25) is 19.2 Å². The standard InChI is InChI=1S/C32H31N3O7S2/c1-22-9-6-7-14-27(22)29-19-23(15-16-28(29)31(36)33-30(32(37)38)17-18-43-2)21-34(24-10-4-3-5-11-24)44(41,42)26-13-8-12-25(20-26)35(39)40/h3-16,19-20,30H,17-18,21H2,1-2H3,(H,33,36)(H,37,38)/t30-/m0/s1. The van der Waals surface area contributed by atoms with Crippen LogP contribution in [0.5, 0.6) is 0 Å². The zero-order valence-electron chi connectivity index (χ0n) is 24.0. The van der Waals surface area contributed by atoms with Gasteiger partial charge in [0.15, 0.2) is 0 Å². The fourth-order valence-electron chi connectivity index (χ4n) is 4.67. The third-order valence-corrected chi connectivity index (χ3v) is 9.38. The van der Waals surface area contributed by atoms with Crippen LogP contribution in [0.15, 0.2) is 102 Å². The molecule has 0 saturated heterocycles. The molecule has 4 aromatic rings. The van der Waals surface area contributed by atoms with Gasteiger partial charge in [0.1, 0.15) is 6.04 Å². The third-order valence-electron chi connectivity index (χ3n) is 6.96. The monoisotopic (exact) mass is 633 g/mol. The Morgan fingerprint density at radius 1 is 0.955 bits per heavy atom. The van der Waals surface area contributed by atoms with Gasteiger partial charge in [0.25, 0.3) is 21.6 Å². The van der Waals surface area contributed by atoms with Crippen molar-refractivity contribution in [3.63, 3.8) is 0 Å². The van der Waals surface area contributed by atoms with Crippen LogP contribution in [0.4, 0.5) is 11.4 Å². The predicted octanol–water partition coefficient (Wildman–Crippen LogP) is 5.90. The smallest absolute Gasteiger partial charge is 0.326 e. The average molecular weight is 634 g/mol. The second kappa shape index (κ2) is 14.2. The minimum absolute atomic E-state index is 0.151. The van der Waals surface area contributed by atoms with Gasteiger partial charge in [-0.25, -0.2) is 13.2 Å². The Morgan fingerprint density at radius 3 is 2.32 bits per heavy atom. The maximum absolute atomic E-state index is 13.9. The highest BCUT2D eigenvalue weighted by molar-refractivity contribution is 7.98. The number of amides is 1. The van der Waals surface area contributed by atoms with Crippen LogP contribution in [0.25, 0.3) is 11.1 Å². The molecule has 0 radical (unpaired) electrons. The maximum atomic E-state index is 13.9. The number of para-hydroxylation sites is 1. The number of carbonyl (C=O) groups excluding carboxylic acids is 1. The molecule has 0 aliphatic carbocycles. The molecule has 0 bridgehead atoms. The molecule has 0 saturated carbocycles. The minimum atomic E-state index is -4.27. The van der Waals surface area contributed by atoms with E-state index in [4.69, 9.17) is 0 Å². The normalized spacial score (nSPS) is 11.9. The van der Waals surface area contributed by atoms with Crippen molar-refractivity contribution in [3.05, 3.63) is 124 Å². The topological polar surface area (TPSA) is 147 Å². The van der Waals surface area contributed by atoms with Crippen molar-refractivity contribution in [2.75, 3.05) is 16.3 Å². The highest BCUT2D eigenvalue weighted by atomic mass is 32.2. The van der Waals surface area contributed by atoms with E-state index in [0.29, 0.717) is 22.6 Å². The average Bonchev–Trinajstić information content (AvgIpc) is 3.02. The van der Waals surface area contributed by atoms with Crippen molar-refractivity contribution in [3.8, 4) is 11.1 Å². The Bertz CT molecular complexity index is 1780. The quantitative estimate of drug-likeness (QED) is 0.137. The molecule has 0 aliphatic heterocycles. The van der Waals surface area contributed by atoms with Gasteiger partial charge in [-0.2, -0.15) is 11.8 Å². The van der Waals surface area contributed by atoms with Crippen molar-refractivity contribution < 1.29 is 28.0 Å². The molecule has 10 nitrogen and oxygen atoms in total. The molecule has 1 atom stereocenters. The molecule has 12 heteroatoms. The summed E-state index contributed by atoms with van der Waals surface area (Å²) in [5, 5.41) is 23.7. The maximum Gasteiger partial charge on any atom is 0.326 e. The highest BCUT2D eigenvalue weighted by Gasteiger charge is 2.28. The van der Waals surface area contributed by atoms with Crippen molar-refractivity contribution in [2.45, 2.75) is 30.8 Å². The molecule has 0 spiro atoms. The lowest BCUT2D eigenvalue weighted by Crippen LogP contribution is -2.41. The van der Waals surface area contributed by atoms with Crippen LogP contribution in [0.1, 0.15) is 27.9 Å². The van der Waals surface area contributed by atoms with E-state index in [1.807, 2.05) is 37.4 Å². The van der Waals surface area contributed by atoms with Gasteiger partial charge in [-0.05, 0) is 77.9 Å². The predicted molar refractivity (Wildman–Crippen MR) is 171 cm³/mol. The number of non-ortho nitro benzene ring substituents is 1. The molecular formula is C32H31N3O7S2. The fourth-order valence-corrected chi connectivity index (χ4v) is 6.64. The van der Waals surface area contributed by atoms with E-state index in [0.717, 1.165) is 21.5 Å². The van der Waals surface area contributed by atoms with E-state index < -0.39 is 32.9 Å². The van der Waals surface area contributed by atoms with Crippen LogP contribution in [0.2, 0.25) is 0 Å². The number of carbonyl (C=O) groups is 2. The van der Waals surface area contributed by atoms with Gasteiger partial charge in [0.2, 0.25) is 0 Å². The minimum Gasteiger partial charge on any atom is -0.480 e. The number of nitrogens with zero attached hydrogens (tertiary/aromatic N) is 2. The summed E-state index contributed by atoms with van der Waals surface area (Å²) >= 11 is 1.48. The van der Waals surface area contributed by atoms with E-state index in [2.05, 4.69) is 5.32 Å². The molecule has 4 aromatic carbocycles. The lowest BCUT2D eigenvalue weighted by atomic mass is 9.93. The summed E-state index contributed by atoms with van der Waals surface area (Å²) in [7, 11) is -4.27. The number of carboxylic acid groups (broad SMARTS) is 1. The van der Waals surface area contributed by atoms with E-state index in [9.17, 15) is 33.2 Å². The fraction of sp³-hybridized carbons (Fsp3) is 0.188. The number of hydrogen-bond donors (Lipinski definition) is 2. The van der Waals surface area contributed by atoms with Crippen LogP contribution in [-0.4, -0.2) is 48.4 Å². The van der Waals surface area contributed by atoms with Crippen molar-refractivity contribution >= 4 is 45.0 Å². The Balaban J connectivity index is 1.80. The Morgan fingerprint density at radius 2 is 1.66 bits per heavy atom. The number of hydrogen-bond acceptors (Lipinski definition) is 7. The first-order valence-corrected chi connectivity index (χ1v) is 16.4. The highest BCUT2D eigenvalue weighted by Crippen LogP contribution is 2.32. The molecule has 0 aliphatic rings. The lowest BCUT2D eigenvalue weighted by molar-refractivity contribution is -0.385. The van der Waals surface area contributed by atoms with Crippen molar-refractivity contribution in [1.29, 1.82) is 0 Å². The van der Waals surface area contributed by atoms with Crippen LogP contribution in [0.3, 0.4) is 0 Å². The number of nitro groups is 1. The number of nitro benzene ring substituents is 1. The first kappa shape index (κ1) is 32.2. The molecule has 44 heavy (non-hydrogen) atoms. The number of aliphatic carboxylic acids is 1. The van der Waals surface area contributed by atoms with E-state index in [1.54, 1.807) is 48.5 Å². The number of benzene rings is 4. The first-order valence-electron chi connectivity index (χ1n) is 13.6. The summed E-state index contributed by atoms with van der Waals surface area (Å²) in [6.07, 6.45) is 2.11. The van der Waals surface area contributed by atoms with Crippen molar-refractivity contribution in [1.82, 2.24) is 5.32 Å². The SMILES string of the molecule is CSCC[C@H](NC(=O)c1ccc(CN(c2ccccc2)S(=O)(=O)c2cccc([N+](=O)[O-])c2)cc1-c1ccccc1C)C(=O)O. The summed E-state index contributed by atoms with van der Waals surface area (Å²) in [6.45, 7) is 1.73. The van der Waals surface area contributed by atoms with E-state index in [-0.39, 0.29) is 29.1 Å². The summed E-state index contributed by atoms with van der Waals surface area (Å²) in [5.74, 6) is -1.14. The Kier molecular flexibility index (Phi) is 10.4. The van der Waals surface area contributed by atoms with Gasteiger partial charge in [-0.15, -0.1) is 0 Å². The molecule has 2 N–H and O–H groups in total. The molecule has 0 fully saturated rings. The molecule has 0 aromatic heterocycles. The zero-order valence-corrected chi connectivity index (χ0v) is 25.7. The number of nitrogens with one attached hydrogen (secondary N) is 1. The number of carboxylic acids is 1. The first-order chi connectivity index (χ1) is 21.0. The summed E-state index contributed by atoms with van der Waals surface area (Å²) in [4.78, 5) is 35.8. The lowest BCUT2D eigenvalue weighted by Gasteiger charge is -2.25. The second-order valence-electron chi connectivity index (χ2n) is 9.94. The molecule has 1 amide bonds. The summed E-state index contributed by atoms with van der Waals surface area (Å²) in [6, 6.07) is 24.4. The van der Waals surface area contributed by atoms with Gasteiger partial charge in [-0.1, -0.05) is 54.6 Å². The van der Waals surface area contributed by atoms with Gasteiger partial charge >= 0.3 is 5.97 Å². The summed E-state index contributed by atoms with van der Waals surface area (Å²) < 4.78 is 29.1. The Labute approximate surface area is 259 Å². The van der Waals surface area contributed by atoms with E-state index in [1.165, 1.54) is 30.0 Å². The Hall–Kier alpha value is -4.68. The third kappa shape index (κ3) is 7.44. The molecule has 0 unspecified atom stereocenters. The number of thioether (sulfide) groups is 1. The van der Waals surface area contributed by atoms with Gasteiger partial charge < -0.3 is 10.4 Å². The molecule has 4 rings (SSSR count). The number of anilines is 1. The number of sulfonamides is 1. The summed E-state index contributed by atoms with van der Waals surface area (Å²) in [5.41, 5.74) is 2.86. The van der Waals surface area contributed by atoms with Gasteiger partial charge in [0, 0.05) is 17.7 Å². The van der Waals surface area contributed by atoms with Crippen molar-refractivity contribution in [2.24, 2.45) is 0 Å². The largest absolute Gasteiger partial charge is 0.480 e. The molecule has 0 heterocycles. The number of aryl methyl sites for hydroxylation is 1. The molecular weight excluding hydrogens is 603 g/mol. The molecule has 228 valence electrons. The van der Waals surface area contributed by atoms with Gasteiger partial charge in [0.05, 0.1) is 22.1 Å². The van der Waals surface area contributed by atoms with Crippen LogP contribution in [0, 0.1) is 17.0 Å². The van der Waals surface area contributed by atoms with E-state index >= 15 is 0 Å². The number of rotatable bonds is 13. The second-order valence-corrected chi connectivity index (χ2v) is 12.8. The van der Waals surface area contributed by atoms with Crippen LogP contribution >= 0.6 is 11.8 Å². The van der Waals surface area contributed by atoms with Crippen LogP contribution < -0.4 is 9.62 Å². The zero-order chi connectivity index (χ0) is 31.9. The van der Waals surface area contributed by atoms with Crippen LogP contribution in [-0.2, 0) is 21.4 Å².